The number of aliphatic hydroxyl groups is 1. The highest BCUT2D eigenvalue weighted by atomic mass is 16.6. The summed E-state index contributed by atoms with van der Waals surface area (Å²) in [5.41, 5.74) is 0. The van der Waals surface area contributed by atoms with Crippen LogP contribution in [0.2, 0.25) is 0 Å². The van der Waals surface area contributed by atoms with Gasteiger partial charge in [-0.1, -0.05) is 90.4 Å². The summed E-state index contributed by atoms with van der Waals surface area (Å²) in [6, 6.07) is 0. The molecule has 0 aromatic heterocycles. The van der Waals surface area contributed by atoms with Crippen LogP contribution in [0.5, 0.6) is 0 Å². The van der Waals surface area contributed by atoms with Crippen LogP contribution in [-0.2, 0) is 14.3 Å². The van der Waals surface area contributed by atoms with Gasteiger partial charge in [0, 0.05) is 0 Å². The van der Waals surface area contributed by atoms with Crippen molar-refractivity contribution in [3.8, 4) is 0 Å². The number of esters is 1. The van der Waals surface area contributed by atoms with E-state index in [1.807, 2.05) is 0 Å². The summed E-state index contributed by atoms with van der Waals surface area (Å²) < 4.78 is 9.94. The van der Waals surface area contributed by atoms with Gasteiger partial charge in [-0.25, -0.2) is 4.79 Å². The summed E-state index contributed by atoms with van der Waals surface area (Å²) in [7, 11) is 0. The van der Waals surface area contributed by atoms with Crippen LogP contribution < -0.4 is 0 Å². The van der Waals surface area contributed by atoms with Crippen LogP contribution >= 0.6 is 0 Å². The summed E-state index contributed by atoms with van der Waals surface area (Å²) in [4.78, 5) is 11.2. The van der Waals surface area contributed by atoms with Crippen molar-refractivity contribution < 1.29 is 19.4 Å². The SMILES string of the molecule is CCCCCCCCCCCCCCCCOC(=O)COCCO. The van der Waals surface area contributed by atoms with Gasteiger partial charge in [0.1, 0.15) is 6.61 Å². The summed E-state index contributed by atoms with van der Waals surface area (Å²) in [6.07, 6.45) is 18.5. The Hall–Kier alpha value is -0.610. The first-order valence-corrected chi connectivity index (χ1v) is 10.2. The van der Waals surface area contributed by atoms with Crippen LogP contribution in [0, 0.1) is 0 Å². The van der Waals surface area contributed by atoms with E-state index in [1.165, 1.54) is 77.0 Å². The van der Waals surface area contributed by atoms with Crippen LogP contribution in [0.15, 0.2) is 0 Å². The maximum absolute atomic E-state index is 11.2. The first-order chi connectivity index (χ1) is 11.8. The summed E-state index contributed by atoms with van der Waals surface area (Å²) >= 11 is 0. The molecular weight excluding hydrogens is 304 g/mol. The molecule has 0 aliphatic carbocycles. The summed E-state index contributed by atoms with van der Waals surface area (Å²) in [5.74, 6) is -0.335. The number of aliphatic hydroxyl groups excluding tert-OH is 1. The Morgan fingerprint density at radius 1 is 0.708 bits per heavy atom. The molecule has 0 bridgehead atoms. The highest BCUT2D eigenvalue weighted by molar-refractivity contribution is 5.70. The second-order valence-corrected chi connectivity index (χ2v) is 6.59. The van der Waals surface area contributed by atoms with E-state index in [1.54, 1.807) is 0 Å². The molecule has 0 heterocycles. The van der Waals surface area contributed by atoms with Crippen molar-refractivity contribution in [1.29, 1.82) is 0 Å². The van der Waals surface area contributed by atoms with Crippen molar-refractivity contribution >= 4 is 5.97 Å². The number of rotatable bonds is 19. The minimum atomic E-state index is -0.335. The van der Waals surface area contributed by atoms with Gasteiger partial charge in [0.2, 0.25) is 0 Å². The van der Waals surface area contributed by atoms with Gasteiger partial charge in [-0.2, -0.15) is 0 Å². The smallest absolute Gasteiger partial charge is 0.332 e. The third-order valence-corrected chi connectivity index (χ3v) is 4.22. The summed E-state index contributed by atoms with van der Waals surface area (Å²) in [6.45, 7) is 2.82. The Labute approximate surface area is 149 Å². The molecule has 0 unspecified atom stereocenters. The zero-order valence-corrected chi connectivity index (χ0v) is 15.9. The van der Waals surface area contributed by atoms with Gasteiger partial charge >= 0.3 is 5.97 Å². The van der Waals surface area contributed by atoms with E-state index in [0.717, 1.165) is 12.8 Å². The van der Waals surface area contributed by atoms with Crippen LogP contribution in [0.25, 0.3) is 0 Å². The zero-order valence-electron chi connectivity index (χ0n) is 15.9. The van der Waals surface area contributed by atoms with E-state index in [4.69, 9.17) is 14.6 Å². The fourth-order valence-corrected chi connectivity index (χ4v) is 2.74. The maximum Gasteiger partial charge on any atom is 0.332 e. The van der Waals surface area contributed by atoms with Gasteiger partial charge in [0.25, 0.3) is 0 Å². The standard InChI is InChI=1S/C20H40O4/c1-2-3-4-5-6-7-8-9-10-11-12-13-14-15-17-24-20(22)19-23-18-16-21/h21H,2-19H2,1H3. The topological polar surface area (TPSA) is 55.8 Å². The number of hydrogen-bond donors (Lipinski definition) is 1. The Bertz CT molecular complexity index is 256. The van der Waals surface area contributed by atoms with Crippen molar-refractivity contribution in [2.24, 2.45) is 0 Å². The largest absolute Gasteiger partial charge is 0.464 e. The van der Waals surface area contributed by atoms with Crippen molar-refractivity contribution in [2.75, 3.05) is 26.4 Å². The lowest BCUT2D eigenvalue weighted by Gasteiger charge is -2.05. The molecule has 4 heteroatoms. The number of unbranched alkanes of at least 4 members (excludes halogenated alkanes) is 13. The number of carbonyl (C=O) groups is 1. The first-order valence-electron chi connectivity index (χ1n) is 10.2. The summed E-state index contributed by atoms with van der Waals surface area (Å²) in [5, 5.41) is 8.52. The van der Waals surface area contributed by atoms with Crippen molar-refractivity contribution in [2.45, 2.75) is 96.8 Å². The van der Waals surface area contributed by atoms with Gasteiger partial charge < -0.3 is 14.6 Å². The zero-order chi connectivity index (χ0) is 17.7. The lowest BCUT2D eigenvalue weighted by atomic mass is 10.0. The van der Waals surface area contributed by atoms with E-state index in [0.29, 0.717) is 6.61 Å². The van der Waals surface area contributed by atoms with Crippen molar-refractivity contribution in [3.05, 3.63) is 0 Å². The molecule has 0 amide bonds. The van der Waals surface area contributed by atoms with Crippen molar-refractivity contribution in [1.82, 2.24) is 0 Å². The molecule has 0 rings (SSSR count). The second kappa shape index (κ2) is 20.4. The highest BCUT2D eigenvalue weighted by Crippen LogP contribution is 2.12. The quantitative estimate of drug-likeness (QED) is 0.264. The Kier molecular flexibility index (Phi) is 19.9. The number of carbonyl (C=O) groups excluding carboxylic acids is 1. The minimum Gasteiger partial charge on any atom is -0.464 e. The molecule has 0 aliphatic rings. The van der Waals surface area contributed by atoms with Crippen LogP contribution in [0.4, 0.5) is 0 Å². The van der Waals surface area contributed by atoms with E-state index in [2.05, 4.69) is 6.92 Å². The molecule has 0 atom stereocenters. The molecule has 1 N–H and O–H groups in total. The second-order valence-electron chi connectivity index (χ2n) is 6.59. The molecule has 24 heavy (non-hydrogen) atoms. The third-order valence-electron chi connectivity index (χ3n) is 4.22. The molecule has 4 nitrogen and oxygen atoms in total. The average Bonchev–Trinajstić information content (AvgIpc) is 2.58. The Morgan fingerprint density at radius 3 is 1.62 bits per heavy atom. The van der Waals surface area contributed by atoms with Crippen LogP contribution in [-0.4, -0.2) is 37.5 Å². The van der Waals surface area contributed by atoms with E-state index < -0.39 is 0 Å². The average molecular weight is 345 g/mol. The molecule has 0 aromatic rings. The van der Waals surface area contributed by atoms with Crippen molar-refractivity contribution in [3.63, 3.8) is 0 Å². The van der Waals surface area contributed by atoms with Gasteiger partial charge in [-0.3, -0.25) is 0 Å². The van der Waals surface area contributed by atoms with Gasteiger partial charge in [-0.15, -0.1) is 0 Å². The van der Waals surface area contributed by atoms with Gasteiger partial charge in [0.05, 0.1) is 19.8 Å². The lowest BCUT2D eigenvalue weighted by molar-refractivity contribution is -0.149. The number of hydrogen-bond acceptors (Lipinski definition) is 4. The highest BCUT2D eigenvalue weighted by Gasteiger charge is 2.02. The fraction of sp³-hybridized carbons (Fsp3) is 0.950. The molecule has 144 valence electrons. The normalized spacial score (nSPS) is 10.9. The van der Waals surface area contributed by atoms with Gasteiger partial charge in [-0.05, 0) is 6.42 Å². The minimum absolute atomic E-state index is 0.0564. The molecule has 0 aromatic carbocycles. The molecule has 0 saturated heterocycles. The Morgan fingerprint density at radius 2 is 1.17 bits per heavy atom. The molecule has 0 aliphatic heterocycles. The lowest BCUT2D eigenvalue weighted by Crippen LogP contribution is -2.14. The predicted molar refractivity (Wildman–Crippen MR) is 99.2 cm³/mol. The van der Waals surface area contributed by atoms with Crippen LogP contribution in [0.1, 0.15) is 96.8 Å². The van der Waals surface area contributed by atoms with E-state index in [-0.39, 0.29) is 25.8 Å². The monoisotopic (exact) mass is 344 g/mol. The maximum atomic E-state index is 11.2. The Balaban J connectivity index is 3.06. The molecular formula is C20H40O4. The molecule has 0 fully saturated rings. The van der Waals surface area contributed by atoms with E-state index in [9.17, 15) is 4.79 Å². The molecule has 0 saturated carbocycles. The van der Waals surface area contributed by atoms with Gasteiger partial charge in [0.15, 0.2) is 0 Å². The first kappa shape index (κ1) is 23.4. The third kappa shape index (κ3) is 19.4. The molecule has 0 spiro atoms. The molecule has 0 radical (unpaired) electrons. The fourth-order valence-electron chi connectivity index (χ4n) is 2.74. The van der Waals surface area contributed by atoms with E-state index >= 15 is 0 Å². The predicted octanol–water partition coefficient (Wildman–Crippen LogP) is 5.02. The van der Waals surface area contributed by atoms with Crippen LogP contribution in [0.3, 0.4) is 0 Å². The number of ether oxygens (including phenoxy) is 2.